The molecule has 1 aromatic rings. The zero-order valence-corrected chi connectivity index (χ0v) is 13.4. The van der Waals surface area contributed by atoms with Crippen LogP contribution in [0.2, 0.25) is 0 Å². The van der Waals surface area contributed by atoms with Gasteiger partial charge in [-0.15, -0.1) is 12.4 Å². The third-order valence-electron chi connectivity index (χ3n) is 4.54. The van der Waals surface area contributed by atoms with Gasteiger partial charge in [0, 0.05) is 19.8 Å². The number of nitrogens with one attached hydrogen (secondary N) is 1. The Morgan fingerprint density at radius 1 is 1.32 bits per heavy atom. The molecule has 0 spiro atoms. The van der Waals surface area contributed by atoms with Gasteiger partial charge in [-0.1, -0.05) is 18.2 Å². The zero-order chi connectivity index (χ0) is 14.7. The third-order valence-corrected chi connectivity index (χ3v) is 4.54. The van der Waals surface area contributed by atoms with Crippen LogP contribution in [0.3, 0.4) is 0 Å². The summed E-state index contributed by atoms with van der Waals surface area (Å²) in [5.41, 5.74) is 6.54. The number of benzene rings is 1. The Morgan fingerprint density at radius 3 is 2.77 bits per heavy atom. The standard InChI is InChI=1S/C16H22N2O3.ClH/c17-11-16(5-7-20-8-6-16)15(19)18-13-9-12-3-1-2-4-14(12)21-10-13;/h1-4,13H,5-11,17H2,(H,18,19);1H. The SMILES string of the molecule is Cl.NCC1(C(=O)NC2COc3ccccc3C2)CCOCC1. The van der Waals surface area contributed by atoms with Crippen molar-refractivity contribution in [1.82, 2.24) is 5.32 Å². The molecule has 0 radical (unpaired) electrons. The molecule has 1 aromatic carbocycles. The molecular formula is C16H23ClN2O3. The highest BCUT2D eigenvalue weighted by atomic mass is 35.5. The first-order valence-corrected chi connectivity index (χ1v) is 7.53. The Balaban J connectivity index is 0.00000176. The van der Waals surface area contributed by atoms with Crippen molar-refractivity contribution in [3.63, 3.8) is 0 Å². The van der Waals surface area contributed by atoms with Gasteiger partial charge in [0.15, 0.2) is 0 Å². The maximum absolute atomic E-state index is 12.6. The number of hydrogen-bond donors (Lipinski definition) is 2. The Morgan fingerprint density at radius 2 is 2.05 bits per heavy atom. The minimum Gasteiger partial charge on any atom is -0.491 e. The highest BCUT2D eigenvalue weighted by Crippen LogP contribution is 2.30. The molecule has 3 rings (SSSR count). The van der Waals surface area contributed by atoms with Crippen molar-refractivity contribution in [2.75, 3.05) is 26.4 Å². The number of carbonyl (C=O) groups is 1. The molecule has 0 aliphatic carbocycles. The second-order valence-corrected chi connectivity index (χ2v) is 5.89. The van der Waals surface area contributed by atoms with E-state index in [1.807, 2.05) is 24.3 Å². The van der Waals surface area contributed by atoms with E-state index in [-0.39, 0.29) is 24.4 Å². The van der Waals surface area contributed by atoms with E-state index in [1.165, 1.54) is 0 Å². The maximum Gasteiger partial charge on any atom is 0.228 e. The largest absolute Gasteiger partial charge is 0.491 e. The fourth-order valence-electron chi connectivity index (χ4n) is 3.05. The van der Waals surface area contributed by atoms with Crippen LogP contribution in [0.5, 0.6) is 5.75 Å². The van der Waals surface area contributed by atoms with Crippen LogP contribution in [0, 0.1) is 5.41 Å². The first-order valence-electron chi connectivity index (χ1n) is 7.53. The Labute approximate surface area is 137 Å². The molecule has 1 atom stereocenters. The van der Waals surface area contributed by atoms with E-state index >= 15 is 0 Å². The van der Waals surface area contributed by atoms with Crippen LogP contribution < -0.4 is 15.8 Å². The van der Waals surface area contributed by atoms with Crippen LogP contribution in [0.4, 0.5) is 0 Å². The van der Waals surface area contributed by atoms with Crippen LogP contribution in [0.15, 0.2) is 24.3 Å². The van der Waals surface area contributed by atoms with Gasteiger partial charge in [-0.3, -0.25) is 4.79 Å². The highest BCUT2D eigenvalue weighted by Gasteiger charge is 2.39. The fraction of sp³-hybridized carbons (Fsp3) is 0.562. The number of rotatable bonds is 3. The summed E-state index contributed by atoms with van der Waals surface area (Å²) in [7, 11) is 0. The van der Waals surface area contributed by atoms with Crippen LogP contribution in [0.25, 0.3) is 0 Å². The maximum atomic E-state index is 12.6. The van der Waals surface area contributed by atoms with Gasteiger partial charge in [0.25, 0.3) is 0 Å². The van der Waals surface area contributed by atoms with Crippen molar-refractivity contribution in [2.24, 2.45) is 11.1 Å². The molecule has 1 unspecified atom stereocenters. The van der Waals surface area contributed by atoms with E-state index in [0.717, 1.165) is 17.7 Å². The third kappa shape index (κ3) is 3.37. The van der Waals surface area contributed by atoms with Crippen LogP contribution >= 0.6 is 12.4 Å². The van der Waals surface area contributed by atoms with Crippen molar-refractivity contribution in [3.05, 3.63) is 29.8 Å². The van der Waals surface area contributed by atoms with Gasteiger partial charge in [0.1, 0.15) is 12.4 Å². The summed E-state index contributed by atoms with van der Waals surface area (Å²) in [6, 6.07) is 7.97. The van der Waals surface area contributed by atoms with Gasteiger partial charge in [-0.05, 0) is 30.9 Å². The summed E-state index contributed by atoms with van der Waals surface area (Å²) in [5, 5.41) is 3.12. The summed E-state index contributed by atoms with van der Waals surface area (Å²) in [6.45, 7) is 2.09. The van der Waals surface area contributed by atoms with Gasteiger partial charge in [0.05, 0.1) is 11.5 Å². The molecule has 0 aromatic heterocycles. The summed E-state index contributed by atoms with van der Waals surface area (Å²) >= 11 is 0. The summed E-state index contributed by atoms with van der Waals surface area (Å²) in [5.74, 6) is 0.962. The number of amides is 1. The quantitative estimate of drug-likeness (QED) is 0.877. The van der Waals surface area contributed by atoms with Crippen molar-refractivity contribution < 1.29 is 14.3 Å². The van der Waals surface area contributed by atoms with Crippen LogP contribution in [-0.4, -0.2) is 38.3 Å². The number of para-hydroxylation sites is 1. The molecule has 0 saturated carbocycles. The predicted molar refractivity (Wildman–Crippen MR) is 86.4 cm³/mol. The molecule has 1 saturated heterocycles. The number of carbonyl (C=O) groups excluding carboxylic acids is 1. The lowest BCUT2D eigenvalue weighted by molar-refractivity contribution is -0.137. The topological polar surface area (TPSA) is 73.6 Å². The summed E-state index contributed by atoms with van der Waals surface area (Å²) < 4.78 is 11.1. The second kappa shape index (κ2) is 7.31. The first kappa shape index (κ1) is 17.1. The number of fused-ring (bicyclic) bond motifs is 1. The molecular weight excluding hydrogens is 304 g/mol. The minimum atomic E-state index is -0.477. The van der Waals surface area contributed by atoms with Crippen molar-refractivity contribution in [2.45, 2.75) is 25.3 Å². The lowest BCUT2D eigenvalue weighted by atomic mass is 9.79. The molecule has 2 aliphatic heterocycles. The predicted octanol–water partition coefficient (Wildman–Crippen LogP) is 1.28. The summed E-state index contributed by atoms with van der Waals surface area (Å²) in [6.07, 6.45) is 2.19. The molecule has 3 N–H and O–H groups in total. The van der Waals surface area contributed by atoms with Crippen LogP contribution in [0.1, 0.15) is 18.4 Å². The molecule has 2 heterocycles. The molecule has 6 heteroatoms. The van der Waals surface area contributed by atoms with Gasteiger partial charge >= 0.3 is 0 Å². The van der Waals surface area contributed by atoms with E-state index in [0.29, 0.717) is 39.2 Å². The monoisotopic (exact) mass is 326 g/mol. The Hall–Kier alpha value is -1.30. The zero-order valence-electron chi connectivity index (χ0n) is 12.5. The van der Waals surface area contributed by atoms with E-state index in [1.54, 1.807) is 0 Å². The first-order chi connectivity index (χ1) is 10.2. The normalized spacial score (nSPS) is 22.7. The molecule has 1 amide bonds. The van der Waals surface area contributed by atoms with Crippen molar-refractivity contribution in [3.8, 4) is 5.75 Å². The Kier molecular flexibility index (Phi) is 5.67. The lowest BCUT2D eigenvalue weighted by Crippen LogP contribution is -2.53. The van der Waals surface area contributed by atoms with Gasteiger partial charge in [0.2, 0.25) is 5.91 Å². The molecule has 1 fully saturated rings. The van der Waals surface area contributed by atoms with Gasteiger partial charge in [-0.25, -0.2) is 0 Å². The molecule has 122 valence electrons. The molecule has 5 nitrogen and oxygen atoms in total. The number of nitrogens with two attached hydrogens (primary N) is 1. The lowest BCUT2D eigenvalue weighted by Gasteiger charge is -2.36. The molecule has 0 bridgehead atoms. The fourth-order valence-corrected chi connectivity index (χ4v) is 3.05. The molecule has 22 heavy (non-hydrogen) atoms. The average molecular weight is 327 g/mol. The van der Waals surface area contributed by atoms with Gasteiger partial charge in [-0.2, -0.15) is 0 Å². The van der Waals surface area contributed by atoms with E-state index < -0.39 is 5.41 Å². The van der Waals surface area contributed by atoms with Gasteiger partial charge < -0.3 is 20.5 Å². The number of hydrogen-bond acceptors (Lipinski definition) is 4. The molecule has 2 aliphatic rings. The summed E-state index contributed by atoms with van der Waals surface area (Å²) in [4.78, 5) is 12.6. The Bertz CT molecular complexity index is 518. The highest BCUT2D eigenvalue weighted by molar-refractivity contribution is 5.85. The van der Waals surface area contributed by atoms with Crippen LogP contribution in [-0.2, 0) is 16.0 Å². The number of halogens is 1. The van der Waals surface area contributed by atoms with E-state index in [4.69, 9.17) is 15.2 Å². The smallest absolute Gasteiger partial charge is 0.228 e. The number of ether oxygens (including phenoxy) is 2. The van der Waals surface area contributed by atoms with Crippen molar-refractivity contribution in [1.29, 1.82) is 0 Å². The average Bonchev–Trinajstić information content (AvgIpc) is 2.55. The second-order valence-electron chi connectivity index (χ2n) is 5.89. The van der Waals surface area contributed by atoms with E-state index in [9.17, 15) is 4.79 Å². The van der Waals surface area contributed by atoms with E-state index in [2.05, 4.69) is 5.32 Å². The minimum absolute atomic E-state index is 0. The van der Waals surface area contributed by atoms with Crippen molar-refractivity contribution >= 4 is 18.3 Å².